The molecule has 0 spiro atoms. The molecule has 0 radical (unpaired) electrons. The fourth-order valence-electron chi connectivity index (χ4n) is 2.53. The van der Waals surface area contributed by atoms with Gasteiger partial charge in [-0.3, -0.25) is 15.1 Å². The third-order valence-corrected chi connectivity index (χ3v) is 3.87. The van der Waals surface area contributed by atoms with Crippen molar-refractivity contribution in [3.63, 3.8) is 0 Å². The number of aliphatic hydroxyl groups is 2. The van der Waals surface area contributed by atoms with Crippen LogP contribution in [0.4, 0.5) is 0 Å². The van der Waals surface area contributed by atoms with Crippen LogP contribution in [0, 0.1) is 5.41 Å². The Morgan fingerprint density at radius 1 is 1.32 bits per heavy atom. The molecule has 25 heavy (non-hydrogen) atoms. The lowest BCUT2D eigenvalue weighted by molar-refractivity contribution is -0.136. The first-order valence-electron chi connectivity index (χ1n) is 7.43. The largest absolute Gasteiger partial charge is 0.459 e. The zero-order valence-corrected chi connectivity index (χ0v) is 12.9. The number of rotatable bonds is 4. The number of carbonyl (C=O) groups excluding carboxylic acids is 2. The minimum absolute atomic E-state index is 0.232. The van der Waals surface area contributed by atoms with Crippen LogP contribution in [-0.2, 0) is 14.3 Å². The van der Waals surface area contributed by atoms with Crippen LogP contribution >= 0.6 is 0 Å². The van der Waals surface area contributed by atoms with Gasteiger partial charge in [0, 0.05) is 5.87 Å². The third kappa shape index (κ3) is 3.21. The van der Waals surface area contributed by atoms with Crippen LogP contribution in [0.5, 0.6) is 0 Å². The Hall–Kier alpha value is -2.84. The maximum absolute atomic E-state index is 12.0. The number of amides is 1. The quantitative estimate of drug-likeness (QED) is 0.375. The molecule has 0 aliphatic carbocycles. The molecule has 0 saturated carbocycles. The number of benzene rings is 1. The fraction of sp³-hybridized carbons (Fsp3) is 0.312. The zero-order valence-electron chi connectivity index (χ0n) is 12.9. The second kappa shape index (κ2) is 6.96. The van der Waals surface area contributed by atoms with Gasteiger partial charge in [0.05, 0.1) is 5.56 Å². The summed E-state index contributed by atoms with van der Waals surface area (Å²) in [6.45, 7) is -0.297. The molecule has 3 N–H and O–H groups in total. The van der Waals surface area contributed by atoms with E-state index < -0.39 is 36.4 Å². The number of esters is 1. The Bertz CT molecular complexity index is 758. The van der Waals surface area contributed by atoms with Gasteiger partial charge in [0.25, 0.3) is 5.91 Å². The second-order valence-corrected chi connectivity index (χ2v) is 5.44. The van der Waals surface area contributed by atoms with E-state index in [2.05, 4.69) is 4.99 Å². The standard InChI is InChI=1S/C16H15N3O6/c17-6-10-14(22)19(8-18-10)15-13(21)12(20)11(25-15)7-24-16(23)9-4-2-1-3-5-9/h1-5,8,11-13,15,17,20-21H,7H2/t11-,12-,13-,15-/m1/s1. The van der Waals surface area contributed by atoms with Crippen molar-refractivity contribution in [3.05, 3.63) is 41.6 Å². The van der Waals surface area contributed by atoms with Gasteiger partial charge in [0.2, 0.25) is 0 Å². The van der Waals surface area contributed by atoms with Crippen LogP contribution in [0.2, 0.25) is 0 Å². The molecule has 130 valence electrons. The molecule has 0 unspecified atom stereocenters. The molecule has 2 aliphatic heterocycles. The zero-order chi connectivity index (χ0) is 18.0. The summed E-state index contributed by atoms with van der Waals surface area (Å²) >= 11 is 0. The topological polar surface area (TPSA) is 133 Å². The first-order chi connectivity index (χ1) is 12.0. The van der Waals surface area contributed by atoms with E-state index in [1.165, 1.54) is 0 Å². The highest BCUT2D eigenvalue weighted by Gasteiger charge is 2.48. The summed E-state index contributed by atoms with van der Waals surface area (Å²) in [6, 6.07) is 8.29. The maximum atomic E-state index is 12.0. The van der Waals surface area contributed by atoms with Gasteiger partial charge in [-0.05, 0) is 12.1 Å². The molecule has 9 nitrogen and oxygen atoms in total. The minimum atomic E-state index is -1.42. The van der Waals surface area contributed by atoms with Crippen LogP contribution in [0.15, 0.2) is 41.0 Å². The molecule has 2 aliphatic rings. The Kier molecular flexibility index (Phi) is 4.73. The summed E-state index contributed by atoms with van der Waals surface area (Å²) in [6.07, 6.45) is -3.89. The molecule has 3 rings (SSSR count). The normalized spacial score (nSPS) is 28.3. The maximum Gasteiger partial charge on any atom is 0.338 e. The first kappa shape index (κ1) is 17.0. The minimum Gasteiger partial charge on any atom is -0.459 e. The number of nitrogens with zero attached hydrogens (tertiary/aromatic N) is 2. The van der Waals surface area contributed by atoms with Crippen LogP contribution in [0.3, 0.4) is 0 Å². The molecule has 2 heterocycles. The third-order valence-electron chi connectivity index (χ3n) is 3.87. The Balaban J connectivity index is 1.63. The van der Waals surface area contributed by atoms with E-state index in [0.29, 0.717) is 5.56 Å². The van der Waals surface area contributed by atoms with E-state index in [0.717, 1.165) is 11.2 Å². The molecule has 0 aromatic heterocycles. The van der Waals surface area contributed by atoms with Crippen molar-refractivity contribution < 1.29 is 29.3 Å². The fourth-order valence-corrected chi connectivity index (χ4v) is 2.53. The SMILES string of the molecule is N=C=C1N=CN([C@@H]2O[C@H](COC(=O)c3ccccc3)[C@@H](O)[C@H]2O)C1=O. The number of aliphatic imine (C=N–C) groups is 1. The number of aliphatic hydroxyl groups excluding tert-OH is 2. The summed E-state index contributed by atoms with van der Waals surface area (Å²) in [5.74, 6) is 0.603. The lowest BCUT2D eigenvalue weighted by atomic mass is 10.1. The van der Waals surface area contributed by atoms with Crippen molar-refractivity contribution in [2.45, 2.75) is 24.5 Å². The van der Waals surface area contributed by atoms with Gasteiger partial charge >= 0.3 is 5.97 Å². The van der Waals surface area contributed by atoms with Crippen LogP contribution in [0.1, 0.15) is 10.4 Å². The predicted octanol–water partition coefficient (Wildman–Crippen LogP) is -0.707. The number of nitrogens with one attached hydrogen (secondary N) is 1. The van der Waals surface area contributed by atoms with E-state index in [1.807, 2.05) is 5.87 Å². The highest BCUT2D eigenvalue weighted by atomic mass is 16.6. The van der Waals surface area contributed by atoms with Crippen molar-refractivity contribution in [2.75, 3.05) is 6.61 Å². The molecule has 0 bridgehead atoms. The number of hydrogen-bond acceptors (Lipinski definition) is 8. The van der Waals surface area contributed by atoms with Gasteiger partial charge < -0.3 is 19.7 Å². The molecule has 1 saturated heterocycles. The van der Waals surface area contributed by atoms with E-state index in [1.54, 1.807) is 30.3 Å². The van der Waals surface area contributed by atoms with Crippen LogP contribution in [-0.4, -0.2) is 70.3 Å². The monoisotopic (exact) mass is 345 g/mol. The Morgan fingerprint density at radius 2 is 2.04 bits per heavy atom. The van der Waals surface area contributed by atoms with E-state index in [9.17, 15) is 19.8 Å². The number of ether oxygens (including phenoxy) is 2. The second-order valence-electron chi connectivity index (χ2n) is 5.44. The molecule has 1 fully saturated rings. The predicted molar refractivity (Wildman–Crippen MR) is 84.0 cm³/mol. The summed E-state index contributed by atoms with van der Waals surface area (Å²) in [5.41, 5.74) is 0.110. The van der Waals surface area contributed by atoms with Gasteiger partial charge in [0.1, 0.15) is 31.3 Å². The summed E-state index contributed by atoms with van der Waals surface area (Å²) in [5, 5.41) is 27.1. The van der Waals surface area contributed by atoms with E-state index in [-0.39, 0.29) is 12.3 Å². The van der Waals surface area contributed by atoms with Crippen molar-refractivity contribution in [1.29, 1.82) is 5.41 Å². The number of carbonyl (C=O) groups is 2. The average Bonchev–Trinajstić information content (AvgIpc) is 3.14. The first-order valence-corrected chi connectivity index (χ1v) is 7.43. The van der Waals surface area contributed by atoms with Crippen molar-refractivity contribution in [1.82, 2.24) is 4.90 Å². The van der Waals surface area contributed by atoms with Crippen LogP contribution in [0.25, 0.3) is 0 Å². The average molecular weight is 345 g/mol. The Morgan fingerprint density at radius 3 is 2.68 bits per heavy atom. The summed E-state index contributed by atoms with van der Waals surface area (Å²) in [4.78, 5) is 28.5. The van der Waals surface area contributed by atoms with Gasteiger partial charge in [0.15, 0.2) is 11.9 Å². The lowest BCUT2D eigenvalue weighted by Crippen LogP contribution is -2.44. The highest BCUT2D eigenvalue weighted by molar-refractivity contribution is 6.10. The molecule has 4 atom stereocenters. The molecular weight excluding hydrogens is 330 g/mol. The highest BCUT2D eigenvalue weighted by Crippen LogP contribution is 2.26. The van der Waals surface area contributed by atoms with Crippen molar-refractivity contribution >= 4 is 24.1 Å². The molecular formula is C16H15N3O6. The smallest absolute Gasteiger partial charge is 0.338 e. The molecule has 1 aromatic carbocycles. The number of hydrogen-bond donors (Lipinski definition) is 3. The molecule has 1 aromatic rings. The van der Waals surface area contributed by atoms with Gasteiger partial charge in [-0.1, -0.05) is 18.2 Å². The summed E-state index contributed by atoms with van der Waals surface area (Å²) < 4.78 is 10.5. The van der Waals surface area contributed by atoms with E-state index in [4.69, 9.17) is 14.9 Å². The Labute approximate surface area is 142 Å². The lowest BCUT2D eigenvalue weighted by Gasteiger charge is -2.22. The molecule has 1 amide bonds. The van der Waals surface area contributed by atoms with Crippen molar-refractivity contribution in [2.24, 2.45) is 4.99 Å². The van der Waals surface area contributed by atoms with Crippen molar-refractivity contribution in [3.8, 4) is 0 Å². The van der Waals surface area contributed by atoms with Crippen LogP contribution < -0.4 is 0 Å². The van der Waals surface area contributed by atoms with Gasteiger partial charge in [-0.15, -0.1) is 0 Å². The van der Waals surface area contributed by atoms with Gasteiger partial charge in [-0.25, -0.2) is 9.79 Å². The van der Waals surface area contributed by atoms with Gasteiger partial charge in [-0.2, -0.15) is 0 Å². The molecule has 9 heteroatoms. The van der Waals surface area contributed by atoms with E-state index >= 15 is 0 Å². The summed E-state index contributed by atoms with van der Waals surface area (Å²) in [7, 11) is 0.